The van der Waals surface area contributed by atoms with Crippen LogP contribution in [0.3, 0.4) is 0 Å². The van der Waals surface area contributed by atoms with Crippen molar-refractivity contribution in [3.05, 3.63) is 65.9 Å². The molecule has 29 heavy (non-hydrogen) atoms. The molecule has 0 saturated heterocycles. The molecule has 8 nitrogen and oxygen atoms in total. The number of aryl methyl sites for hydroxylation is 2. The smallest absolute Gasteiger partial charge is 0.264 e. The Hall–Kier alpha value is -3.33. The molecule has 1 N–H and O–H groups in total. The van der Waals surface area contributed by atoms with Gasteiger partial charge in [-0.3, -0.25) is 14.4 Å². The van der Waals surface area contributed by atoms with Gasteiger partial charge in [0.2, 0.25) is 11.8 Å². The van der Waals surface area contributed by atoms with Crippen LogP contribution in [0.4, 0.5) is 11.6 Å². The average molecular weight is 415 g/mol. The number of sulfonamides is 1. The number of methoxy groups -OCH3 is 1. The molecule has 0 aliphatic rings. The van der Waals surface area contributed by atoms with Gasteiger partial charge in [0.25, 0.3) is 10.0 Å². The van der Waals surface area contributed by atoms with Crippen molar-refractivity contribution in [1.82, 2.24) is 5.16 Å². The Balaban J connectivity index is 2.01. The fourth-order valence-corrected chi connectivity index (χ4v) is 4.23. The largest absolute Gasteiger partial charge is 0.497 e. The van der Waals surface area contributed by atoms with Crippen LogP contribution in [0.15, 0.2) is 64.0 Å². The maximum absolute atomic E-state index is 13.3. The monoisotopic (exact) mass is 415 g/mol. The van der Waals surface area contributed by atoms with Gasteiger partial charge in [0.15, 0.2) is 0 Å². The summed E-state index contributed by atoms with van der Waals surface area (Å²) in [7, 11) is -2.52. The number of carbonyl (C=O) groups excluding carboxylic acids is 1. The molecule has 0 radical (unpaired) electrons. The minimum absolute atomic E-state index is 0.0746. The fraction of sp³-hybridized carbons (Fsp3) is 0.200. The highest BCUT2D eigenvalue weighted by atomic mass is 32.2. The first-order chi connectivity index (χ1) is 13.8. The van der Waals surface area contributed by atoms with Crippen LogP contribution in [0, 0.1) is 13.8 Å². The lowest BCUT2D eigenvalue weighted by Crippen LogP contribution is -2.38. The summed E-state index contributed by atoms with van der Waals surface area (Å²) in [6.07, 6.45) is 0. The number of anilines is 2. The van der Waals surface area contributed by atoms with Crippen LogP contribution in [-0.2, 0) is 14.8 Å². The average Bonchev–Trinajstić information content (AvgIpc) is 3.12. The van der Waals surface area contributed by atoms with Crippen molar-refractivity contribution >= 4 is 27.5 Å². The molecule has 3 rings (SSSR count). The molecule has 0 atom stereocenters. The van der Waals surface area contributed by atoms with Crippen LogP contribution in [-0.4, -0.2) is 33.1 Å². The van der Waals surface area contributed by atoms with Crippen molar-refractivity contribution in [3.63, 3.8) is 0 Å². The Labute approximate surface area is 169 Å². The molecule has 0 aliphatic carbocycles. The van der Waals surface area contributed by atoms with E-state index < -0.39 is 22.5 Å². The highest BCUT2D eigenvalue weighted by Crippen LogP contribution is 2.30. The second kappa shape index (κ2) is 8.36. The van der Waals surface area contributed by atoms with Crippen molar-refractivity contribution in [1.29, 1.82) is 0 Å². The van der Waals surface area contributed by atoms with Crippen LogP contribution in [0.1, 0.15) is 11.3 Å². The number of nitrogens with one attached hydrogen (secondary N) is 1. The van der Waals surface area contributed by atoms with Crippen molar-refractivity contribution in [2.45, 2.75) is 18.7 Å². The predicted molar refractivity (Wildman–Crippen MR) is 109 cm³/mol. The molecular weight excluding hydrogens is 394 g/mol. The first-order valence-electron chi connectivity index (χ1n) is 8.77. The summed E-state index contributed by atoms with van der Waals surface area (Å²) in [6, 6.07) is 14.5. The van der Waals surface area contributed by atoms with E-state index in [0.717, 1.165) is 4.31 Å². The molecule has 152 valence electrons. The lowest BCUT2D eigenvalue weighted by Gasteiger charge is -2.25. The van der Waals surface area contributed by atoms with E-state index in [4.69, 9.17) is 9.26 Å². The molecule has 2 aromatic carbocycles. The second-order valence-electron chi connectivity index (χ2n) is 6.36. The molecule has 3 aromatic rings. The SMILES string of the molecule is COc1ccc(C)c(N(CC(=O)Nc2cc(C)no2)S(=O)(=O)c2ccccc2)c1. The lowest BCUT2D eigenvalue weighted by atomic mass is 10.2. The molecule has 1 aromatic heterocycles. The Morgan fingerprint density at radius 1 is 1.14 bits per heavy atom. The molecule has 0 saturated carbocycles. The minimum atomic E-state index is -4.01. The normalized spacial score (nSPS) is 11.1. The van der Waals surface area contributed by atoms with Crippen LogP contribution in [0.2, 0.25) is 0 Å². The zero-order valence-electron chi connectivity index (χ0n) is 16.2. The van der Waals surface area contributed by atoms with Gasteiger partial charge in [-0.15, -0.1) is 0 Å². The summed E-state index contributed by atoms with van der Waals surface area (Å²) in [5.74, 6) is 0.0555. The van der Waals surface area contributed by atoms with Gasteiger partial charge in [0, 0.05) is 12.1 Å². The zero-order valence-corrected chi connectivity index (χ0v) is 17.1. The number of carbonyl (C=O) groups is 1. The van der Waals surface area contributed by atoms with Gasteiger partial charge in [0.05, 0.1) is 23.4 Å². The highest BCUT2D eigenvalue weighted by molar-refractivity contribution is 7.92. The standard InChI is InChI=1S/C20H21N3O5S/c1-14-9-10-16(27-3)12-18(14)23(29(25,26)17-7-5-4-6-8-17)13-19(24)21-20-11-15(2)22-28-20/h4-12H,13H2,1-3H3,(H,21,24). The minimum Gasteiger partial charge on any atom is -0.497 e. The predicted octanol–water partition coefficient (Wildman–Crippen LogP) is 3.13. The van der Waals surface area contributed by atoms with Crippen LogP contribution < -0.4 is 14.4 Å². The van der Waals surface area contributed by atoms with E-state index in [0.29, 0.717) is 22.7 Å². The molecule has 0 fully saturated rings. The topological polar surface area (TPSA) is 102 Å². The number of hydrogen-bond acceptors (Lipinski definition) is 6. The van der Waals surface area contributed by atoms with Crippen molar-refractivity contribution in [2.75, 3.05) is 23.3 Å². The molecule has 9 heteroatoms. The zero-order chi connectivity index (χ0) is 21.0. The van der Waals surface area contributed by atoms with Gasteiger partial charge in [-0.1, -0.05) is 29.4 Å². The summed E-state index contributed by atoms with van der Waals surface area (Å²) in [6.45, 7) is 3.02. The fourth-order valence-electron chi connectivity index (χ4n) is 2.73. The first kappa shape index (κ1) is 20.4. The molecule has 0 spiro atoms. The maximum atomic E-state index is 13.3. The third-order valence-corrected chi connectivity index (χ3v) is 5.97. The van der Waals surface area contributed by atoms with Crippen LogP contribution >= 0.6 is 0 Å². The number of amides is 1. The molecule has 0 unspecified atom stereocenters. The quantitative estimate of drug-likeness (QED) is 0.636. The summed E-state index contributed by atoms with van der Waals surface area (Å²) in [5, 5.41) is 6.23. The summed E-state index contributed by atoms with van der Waals surface area (Å²) >= 11 is 0. The van der Waals surface area contributed by atoms with Gasteiger partial charge in [-0.2, -0.15) is 0 Å². The molecule has 0 aliphatic heterocycles. The molecular formula is C20H21N3O5S. The van der Waals surface area contributed by atoms with Gasteiger partial charge < -0.3 is 9.26 Å². The van der Waals surface area contributed by atoms with Crippen LogP contribution in [0.5, 0.6) is 5.75 Å². The van der Waals surface area contributed by atoms with Crippen molar-refractivity contribution in [3.8, 4) is 5.75 Å². The number of rotatable bonds is 7. The Morgan fingerprint density at radius 3 is 2.48 bits per heavy atom. The second-order valence-corrected chi connectivity index (χ2v) is 8.22. The van der Waals surface area contributed by atoms with E-state index in [2.05, 4.69) is 10.5 Å². The summed E-state index contributed by atoms with van der Waals surface area (Å²) in [4.78, 5) is 12.7. The number of ether oxygens (including phenoxy) is 1. The third-order valence-electron chi connectivity index (χ3n) is 4.19. The Bertz CT molecular complexity index is 1110. The first-order valence-corrected chi connectivity index (χ1v) is 10.2. The number of hydrogen-bond donors (Lipinski definition) is 1. The lowest BCUT2D eigenvalue weighted by molar-refractivity contribution is -0.114. The van der Waals surface area contributed by atoms with E-state index in [1.54, 1.807) is 56.3 Å². The van der Waals surface area contributed by atoms with Gasteiger partial charge in [-0.25, -0.2) is 8.42 Å². The van der Waals surface area contributed by atoms with Crippen molar-refractivity contribution < 1.29 is 22.5 Å². The van der Waals surface area contributed by atoms with E-state index in [1.165, 1.54) is 19.2 Å². The van der Waals surface area contributed by atoms with Crippen molar-refractivity contribution in [2.24, 2.45) is 0 Å². The van der Waals surface area contributed by atoms with Crippen LogP contribution in [0.25, 0.3) is 0 Å². The summed E-state index contributed by atoms with van der Waals surface area (Å²) < 4.78 is 38.0. The van der Waals surface area contributed by atoms with E-state index in [9.17, 15) is 13.2 Å². The third kappa shape index (κ3) is 4.57. The number of nitrogens with zero attached hydrogens (tertiary/aromatic N) is 2. The maximum Gasteiger partial charge on any atom is 0.264 e. The molecule has 1 heterocycles. The Kier molecular flexibility index (Phi) is 5.88. The highest BCUT2D eigenvalue weighted by Gasteiger charge is 2.29. The van der Waals surface area contributed by atoms with E-state index in [1.807, 2.05) is 0 Å². The Morgan fingerprint density at radius 2 is 1.86 bits per heavy atom. The van der Waals surface area contributed by atoms with E-state index in [-0.39, 0.29) is 10.8 Å². The van der Waals surface area contributed by atoms with Gasteiger partial charge in [-0.05, 0) is 37.6 Å². The number of benzene rings is 2. The summed E-state index contributed by atoms with van der Waals surface area (Å²) in [5.41, 5.74) is 1.61. The van der Waals surface area contributed by atoms with Gasteiger partial charge >= 0.3 is 0 Å². The van der Waals surface area contributed by atoms with Gasteiger partial charge in [0.1, 0.15) is 12.3 Å². The molecule has 0 bridgehead atoms. The van der Waals surface area contributed by atoms with E-state index >= 15 is 0 Å². The molecule has 1 amide bonds. The number of aromatic nitrogens is 1.